The van der Waals surface area contributed by atoms with Gasteiger partial charge in [0, 0.05) is 31.4 Å². The summed E-state index contributed by atoms with van der Waals surface area (Å²) in [5.74, 6) is 2.04. The van der Waals surface area contributed by atoms with Gasteiger partial charge in [-0.05, 0) is 31.4 Å². The summed E-state index contributed by atoms with van der Waals surface area (Å²) in [6.45, 7) is 8.83. The van der Waals surface area contributed by atoms with E-state index >= 15 is 0 Å². The quantitative estimate of drug-likeness (QED) is 0.784. The first-order valence-corrected chi connectivity index (χ1v) is 7.24. The Bertz CT molecular complexity index is 365. The zero-order chi connectivity index (χ0) is 12.8. The summed E-state index contributed by atoms with van der Waals surface area (Å²) in [4.78, 5) is 7.05. The molecule has 0 aromatic carbocycles. The van der Waals surface area contributed by atoms with E-state index in [2.05, 4.69) is 35.1 Å². The molecule has 3 nitrogen and oxygen atoms in total. The van der Waals surface area contributed by atoms with E-state index in [1.54, 1.807) is 0 Å². The molecule has 0 saturated carbocycles. The van der Waals surface area contributed by atoms with Gasteiger partial charge in [0.05, 0.1) is 0 Å². The summed E-state index contributed by atoms with van der Waals surface area (Å²) < 4.78 is 0. The molecule has 1 fully saturated rings. The molecule has 1 aromatic rings. The number of aromatic nitrogens is 1. The molecular weight excluding hydrogens is 222 g/mol. The van der Waals surface area contributed by atoms with E-state index in [1.165, 1.54) is 37.2 Å². The number of rotatable bonds is 6. The molecule has 1 atom stereocenters. The van der Waals surface area contributed by atoms with Gasteiger partial charge in [0.1, 0.15) is 5.82 Å². The van der Waals surface area contributed by atoms with E-state index < -0.39 is 0 Å². The largest absolute Gasteiger partial charge is 0.356 e. The first kappa shape index (κ1) is 13.3. The van der Waals surface area contributed by atoms with Crippen molar-refractivity contribution in [1.82, 2.24) is 10.3 Å². The molecule has 0 aliphatic carbocycles. The number of hydrogen-bond acceptors (Lipinski definition) is 3. The van der Waals surface area contributed by atoms with E-state index in [-0.39, 0.29) is 0 Å². The molecule has 1 aliphatic rings. The summed E-state index contributed by atoms with van der Waals surface area (Å²) >= 11 is 0. The number of pyridine rings is 1. The summed E-state index contributed by atoms with van der Waals surface area (Å²) in [5.41, 5.74) is 1.34. The van der Waals surface area contributed by atoms with Crippen LogP contribution in [0.25, 0.3) is 0 Å². The maximum atomic E-state index is 4.59. The van der Waals surface area contributed by atoms with Gasteiger partial charge in [-0.2, -0.15) is 0 Å². The third-order valence-corrected chi connectivity index (χ3v) is 3.77. The fourth-order valence-corrected chi connectivity index (χ4v) is 2.61. The minimum absolute atomic E-state index is 0.850. The van der Waals surface area contributed by atoms with Crippen molar-refractivity contribution in [1.29, 1.82) is 0 Å². The van der Waals surface area contributed by atoms with Crippen LogP contribution in [0, 0.1) is 5.92 Å². The molecule has 2 rings (SSSR count). The molecular formula is C15H25N3. The second-order valence-electron chi connectivity index (χ2n) is 5.17. The minimum Gasteiger partial charge on any atom is -0.356 e. The van der Waals surface area contributed by atoms with Crippen LogP contribution in [0.3, 0.4) is 0 Å². The zero-order valence-corrected chi connectivity index (χ0v) is 11.7. The van der Waals surface area contributed by atoms with Crippen molar-refractivity contribution in [2.24, 2.45) is 5.92 Å². The Morgan fingerprint density at radius 1 is 1.44 bits per heavy atom. The maximum absolute atomic E-state index is 4.59. The second kappa shape index (κ2) is 6.74. The van der Waals surface area contributed by atoms with Crippen molar-refractivity contribution in [3.05, 3.63) is 23.9 Å². The Labute approximate surface area is 111 Å². The molecule has 18 heavy (non-hydrogen) atoms. The first-order valence-electron chi connectivity index (χ1n) is 7.24. The van der Waals surface area contributed by atoms with Crippen molar-refractivity contribution in [3.8, 4) is 0 Å². The van der Waals surface area contributed by atoms with Gasteiger partial charge in [-0.25, -0.2) is 4.98 Å². The van der Waals surface area contributed by atoms with Crippen LogP contribution >= 0.6 is 0 Å². The third-order valence-electron chi connectivity index (χ3n) is 3.77. The van der Waals surface area contributed by atoms with Gasteiger partial charge in [0.2, 0.25) is 0 Å². The van der Waals surface area contributed by atoms with E-state index in [1.807, 2.05) is 12.3 Å². The lowest BCUT2D eigenvalue weighted by atomic mass is 10.1. The number of nitrogens with zero attached hydrogens (tertiary/aromatic N) is 2. The van der Waals surface area contributed by atoms with Crippen LogP contribution in [-0.2, 0) is 6.54 Å². The molecule has 3 heteroatoms. The SMILES string of the molecule is CCCNCc1cccnc1N1CCC(CC)C1. The first-order chi connectivity index (χ1) is 8.85. The Morgan fingerprint density at radius 2 is 2.33 bits per heavy atom. The average Bonchev–Trinajstić information content (AvgIpc) is 2.88. The van der Waals surface area contributed by atoms with Crippen molar-refractivity contribution >= 4 is 5.82 Å². The molecule has 2 heterocycles. The van der Waals surface area contributed by atoms with Crippen LogP contribution in [0.4, 0.5) is 5.82 Å². The highest BCUT2D eigenvalue weighted by molar-refractivity contribution is 5.47. The number of anilines is 1. The van der Waals surface area contributed by atoms with Gasteiger partial charge in [-0.1, -0.05) is 26.3 Å². The van der Waals surface area contributed by atoms with Crippen LogP contribution in [0.5, 0.6) is 0 Å². The third kappa shape index (κ3) is 3.22. The Kier molecular flexibility index (Phi) is 5.00. The molecule has 1 saturated heterocycles. The second-order valence-corrected chi connectivity index (χ2v) is 5.17. The molecule has 1 unspecified atom stereocenters. The lowest BCUT2D eigenvalue weighted by Crippen LogP contribution is -2.24. The Morgan fingerprint density at radius 3 is 3.06 bits per heavy atom. The molecule has 100 valence electrons. The van der Waals surface area contributed by atoms with E-state index in [9.17, 15) is 0 Å². The Hall–Kier alpha value is -1.09. The predicted molar refractivity (Wildman–Crippen MR) is 76.8 cm³/mol. The molecule has 1 aromatic heterocycles. The van der Waals surface area contributed by atoms with E-state index in [0.717, 1.165) is 25.6 Å². The van der Waals surface area contributed by atoms with E-state index in [0.29, 0.717) is 0 Å². The van der Waals surface area contributed by atoms with Gasteiger partial charge < -0.3 is 10.2 Å². The van der Waals surface area contributed by atoms with Gasteiger partial charge in [0.25, 0.3) is 0 Å². The maximum Gasteiger partial charge on any atom is 0.133 e. The fraction of sp³-hybridized carbons (Fsp3) is 0.667. The Balaban J connectivity index is 2.03. The fourth-order valence-electron chi connectivity index (χ4n) is 2.61. The van der Waals surface area contributed by atoms with Crippen molar-refractivity contribution in [3.63, 3.8) is 0 Å². The molecule has 0 amide bonds. The molecule has 0 bridgehead atoms. The highest BCUT2D eigenvalue weighted by Crippen LogP contribution is 2.26. The molecule has 1 N–H and O–H groups in total. The summed E-state index contributed by atoms with van der Waals surface area (Å²) in [6.07, 6.45) is 5.69. The minimum atomic E-state index is 0.850. The summed E-state index contributed by atoms with van der Waals surface area (Å²) in [6, 6.07) is 4.24. The summed E-state index contributed by atoms with van der Waals surface area (Å²) in [5, 5.41) is 3.47. The monoisotopic (exact) mass is 247 g/mol. The molecule has 0 radical (unpaired) electrons. The van der Waals surface area contributed by atoms with Crippen LogP contribution in [0.1, 0.15) is 38.7 Å². The van der Waals surface area contributed by atoms with Gasteiger partial charge in [0.15, 0.2) is 0 Å². The highest BCUT2D eigenvalue weighted by atomic mass is 15.2. The van der Waals surface area contributed by atoms with Crippen LogP contribution in [0.2, 0.25) is 0 Å². The lowest BCUT2D eigenvalue weighted by Gasteiger charge is -2.20. The number of hydrogen-bond donors (Lipinski definition) is 1. The zero-order valence-electron chi connectivity index (χ0n) is 11.7. The van der Waals surface area contributed by atoms with Gasteiger partial charge in [-0.3, -0.25) is 0 Å². The average molecular weight is 247 g/mol. The lowest BCUT2D eigenvalue weighted by molar-refractivity contribution is 0.568. The van der Waals surface area contributed by atoms with Crippen LogP contribution in [-0.4, -0.2) is 24.6 Å². The van der Waals surface area contributed by atoms with Crippen molar-refractivity contribution in [2.45, 2.75) is 39.7 Å². The smallest absolute Gasteiger partial charge is 0.133 e. The van der Waals surface area contributed by atoms with Crippen LogP contribution < -0.4 is 10.2 Å². The predicted octanol–water partition coefficient (Wildman–Crippen LogP) is 2.82. The molecule has 0 spiro atoms. The summed E-state index contributed by atoms with van der Waals surface area (Å²) in [7, 11) is 0. The van der Waals surface area contributed by atoms with E-state index in [4.69, 9.17) is 0 Å². The standard InChI is InChI=1S/C15H25N3/c1-3-8-16-11-14-6-5-9-17-15(14)18-10-7-13(4-2)12-18/h5-6,9,13,16H,3-4,7-8,10-12H2,1-2H3. The van der Waals surface area contributed by atoms with Crippen molar-refractivity contribution < 1.29 is 0 Å². The van der Waals surface area contributed by atoms with Gasteiger partial charge >= 0.3 is 0 Å². The normalized spacial score (nSPS) is 19.4. The topological polar surface area (TPSA) is 28.2 Å². The van der Waals surface area contributed by atoms with Crippen molar-refractivity contribution in [2.75, 3.05) is 24.5 Å². The highest BCUT2D eigenvalue weighted by Gasteiger charge is 2.23. The molecule has 1 aliphatic heterocycles. The van der Waals surface area contributed by atoms with Crippen LogP contribution in [0.15, 0.2) is 18.3 Å². The number of nitrogens with one attached hydrogen (secondary N) is 1. The van der Waals surface area contributed by atoms with Gasteiger partial charge in [-0.15, -0.1) is 0 Å².